The van der Waals surface area contributed by atoms with Crippen molar-refractivity contribution in [1.82, 2.24) is 0 Å². The number of carbonyl (C=O) groups is 2. The molecule has 2 aromatic carbocycles. The number of aryl methyl sites for hydroxylation is 1. The fraction of sp³-hybridized carbons (Fsp3) is 0.158. The van der Waals surface area contributed by atoms with Gasteiger partial charge in [0.25, 0.3) is 11.8 Å². The smallest absolute Gasteiger partial charge is 0.265 e. The predicted molar refractivity (Wildman–Crippen MR) is 93.6 cm³/mol. The highest BCUT2D eigenvalue weighted by atomic mass is 16.5. The second kappa shape index (κ2) is 6.58. The minimum atomic E-state index is -0.187. The molecule has 1 N–H and O–H groups in total. The maximum absolute atomic E-state index is 12.3. The molecule has 1 heterocycles. The molecule has 0 bridgehead atoms. The van der Waals surface area contributed by atoms with Crippen LogP contribution >= 0.6 is 0 Å². The van der Waals surface area contributed by atoms with Crippen LogP contribution in [-0.2, 0) is 4.79 Å². The average molecular weight is 322 g/mol. The topological polar surface area (TPSA) is 58.6 Å². The Labute approximate surface area is 140 Å². The number of rotatable bonds is 4. The molecule has 0 aromatic heterocycles. The lowest BCUT2D eigenvalue weighted by Gasteiger charge is -2.28. The van der Waals surface area contributed by atoms with Crippen molar-refractivity contribution in [2.45, 2.75) is 6.92 Å². The standard InChI is InChI=1S/C19H18N2O3/c1-3-9-21-16-8-7-15(11-17(16)24-12-18(21)22)20-19(23)14-6-4-5-13(2)10-14/h3-8,10-11H,1,9,12H2,2H3,(H,20,23). The summed E-state index contributed by atoms with van der Waals surface area (Å²) in [5.41, 5.74) is 2.92. The van der Waals surface area contributed by atoms with E-state index in [1.807, 2.05) is 25.1 Å². The number of amides is 2. The lowest BCUT2D eigenvalue weighted by molar-refractivity contribution is -0.121. The Balaban J connectivity index is 1.83. The van der Waals surface area contributed by atoms with Gasteiger partial charge in [0.1, 0.15) is 5.75 Å². The Morgan fingerprint density at radius 1 is 1.33 bits per heavy atom. The highest BCUT2D eigenvalue weighted by Crippen LogP contribution is 2.34. The van der Waals surface area contributed by atoms with Crippen LogP contribution in [0.25, 0.3) is 0 Å². The number of nitrogens with one attached hydrogen (secondary N) is 1. The molecule has 0 saturated heterocycles. The van der Waals surface area contributed by atoms with Crippen LogP contribution in [0.4, 0.5) is 11.4 Å². The van der Waals surface area contributed by atoms with Gasteiger partial charge in [-0.15, -0.1) is 6.58 Å². The molecule has 122 valence electrons. The number of hydrogen-bond donors (Lipinski definition) is 1. The van der Waals surface area contributed by atoms with E-state index in [1.54, 1.807) is 35.2 Å². The molecular formula is C19H18N2O3. The van der Waals surface area contributed by atoms with E-state index in [0.29, 0.717) is 29.2 Å². The Morgan fingerprint density at radius 3 is 2.92 bits per heavy atom. The molecule has 1 aliphatic heterocycles. The molecule has 24 heavy (non-hydrogen) atoms. The van der Waals surface area contributed by atoms with E-state index in [9.17, 15) is 9.59 Å². The van der Waals surface area contributed by atoms with Crippen molar-refractivity contribution in [3.05, 3.63) is 66.2 Å². The van der Waals surface area contributed by atoms with Crippen molar-refractivity contribution in [3.8, 4) is 5.75 Å². The van der Waals surface area contributed by atoms with E-state index >= 15 is 0 Å². The van der Waals surface area contributed by atoms with Crippen LogP contribution in [0, 0.1) is 6.92 Å². The van der Waals surface area contributed by atoms with Crippen molar-refractivity contribution in [2.75, 3.05) is 23.4 Å². The summed E-state index contributed by atoms with van der Waals surface area (Å²) in [4.78, 5) is 25.8. The Hall–Kier alpha value is -3.08. The SMILES string of the molecule is C=CCN1C(=O)COc2cc(NC(=O)c3cccc(C)c3)ccc21. The Kier molecular flexibility index (Phi) is 4.33. The third-order valence-corrected chi connectivity index (χ3v) is 3.75. The molecule has 0 unspecified atom stereocenters. The van der Waals surface area contributed by atoms with Crippen molar-refractivity contribution < 1.29 is 14.3 Å². The van der Waals surface area contributed by atoms with Gasteiger partial charge in [-0.1, -0.05) is 23.8 Å². The highest BCUT2D eigenvalue weighted by molar-refractivity contribution is 6.05. The van der Waals surface area contributed by atoms with E-state index in [0.717, 1.165) is 5.56 Å². The maximum atomic E-state index is 12.3. The lowest BCUT2D eigenvalue weighted by atomic mass is 10.1. The summed E-state index contributed by atoms with van der Waals surface area (Å²) < 4.78 is 5.48. The summed E-state index contributed by atoms with van der Waals surface area (Å²) in [6.45, 7) is 6.01. The molecule has 0 atom stereocenters. The van der Waals surface area contributed by atoms with Crippen LogP contribution in [0.15, 0.2) is 55.1 Å². The minimum Gasteiger partial charge on any atom is -0.481 e. The molecule has 0 radical (unpaired) electrons. The molecule has 0 fully saturated rings. The first-order chi connectivity index (χ1) is 11.6. The van der Waals surface area contributed by atoms with E-state index in [1.165, 1.54) is 0 Å². The van der Waals surface area contributed by atoms with E-state index in [4.69, 9.17) is 4.74 Å². The molecule has 0 saturated carbocycles. The van der Waals surface area contributed by atoms with Crippen LogP contribution in [-0.4, -0.2) is 25.0 Å². The van der Waals surface area contributed by atoms with Crippen molar-refractivity contribution in [1.29, 1.82) is 0 Å². The number of carbonyl (C=O) groups excluding carboxylic acids is 2. The van der Waals surface area contributed by atoms with Gasteiger partial charge >= 0.3 is 0 Å². The number of nitrogens with zero attached hydrogens (tertiary/aromatic N) is 1. The van der Waals surface area contributed by atoms with Crippen LogP contribution in [0.2, 0.25) is 0 Å². The van der Waals surface area contributed by atoms with Crippen LogP contribution < -0.4 is 15.0 Å². The summed E-state index contributed by atoms with van der Waals surface area (Å²) in [6.07, 6.45) is 1.67. The maximum Gasteiger partial charge on any atom is 0.265 e. The second-order valence-electron chi connectivity index (χ2n) is 5.59. The summed E-state index contributed by atoms with van der Waals surface area (Å²) in [7, 11) is 0. The van der Waals surface area contributed by atoms with Gasteiger partial charge in [0.15, 0.2) is 6.61 Å². The van der Waals surface area contributed by atoms with Crippen molar-refractivity contribution in [3.63, 3.8) is 0 Å². The molecule has 2 aromatic rings. The molecular weight excluding hydrogens is 304 g/mol. The third kappa shape index (κ3) is 3.15. The zero-order chi connectivity index (χ0) is 17.1. The average Bonchev–Trinajstić information content (AvgIpc) is 2.57. The van der Waals surface area contributed by atoms with E-state index in [2.05, 4.69) is 11.9 Å². The van der Waals surface area contributed by atoms with Crippen LogP contribution in [0.5, 0.6) is 5.75 Å². The second-order valence-corrected chi connectivity index (χ2v) is 5.59. The van der Waals surface area contributed by atoms with Gasteiger partial charge in [-0.2, -0.15) is 0 Å². The first-order valence-electron chi connectivity index (χ1n) is 7.64. The van der Waals surface area contributed by atoms with Gasteiger partial charge in [0, 0.05) is 23.9 Å². The summed E-state index contributed by atoms with van der Waals surface area (Å²) in [5, 5.41) is 2.85. The van der Waals surface area contributed by atoms with Gasteiger partial charge in [-0.3, -0.25) is 9.59 Å². The molecule has 5 heteroatoms. The largest absolute Gasteiger partial charge is 0.481 e. The van der Waals surface area contributed by atoms with Crippen LogP contribution in [0.1, 0.15) is 15.9 Å². The van der Waals surface area contributed by atoms with Gasteiger partial charge < -0.3 is 15.0 Å². The van der Waals surface area contributed by atoms with E-state index < -0.39 is 0 Å². The normalized spacial score (nSPS) is 13.0. The first-order valence-corrected chi connectivity index (χ1v) is 7.64. The molecule has 0 aliphatic carbocycles. The summed E-state index contributed by atoms with van der Waals surface area (Å²) >= 11 is 0. The quantitative estimate of drug-likeness (QED) is 0.880. The fourth-order valence-electron chi connectivity index (χ4n) is 2.60. The number of anilines is 2. The fourth-order valence-corrected chi connectivity index (χ4v) is 2.60. The minimum absolute atomic E-state index is 0.0177. The summed E-state index contributed by atoms with van der Waals surface area (Å²) in [5.74, 6) is 0.269. The molecule has 5 nitrogen and oxygen atoms in total. The molecule has 2 amide bonds. The third-order valence-electron chi connectivity index (χ3n) is 3.75. The summed E-state index contributed by atoms with van der Waals surface area (Å²) in [6, 6.07) is 12.6. The molecule has 1 aliphatic rings. The monoisotopic (exact) mass is 322 g/mol. The predicted octanol–water partition coefficient (Wildman–Crippen LogP) is 3.16. The number of fused-ring (bicyclic) bond motifs is 1. The molecule has 0 spiro atoms. The van der Waals surface area contributed by atoms with Gasteiger partial charge in [-0.25, -0.2) is 0 Å². The van der Waals surface area contributed by atoms with Crippen molar-refractivity contribution in [2.24, 2.45) is 0 Å². The number of ether oxygens (including phenoxy) is 1. The number of hydrogen-bond acceptors (Lipinski definition) is 3. The zero-order valence-electron chi connectivity index (χ0n) is 13.4. The Bertz CT molecular complexity index is 814. The van der Waals surface area contributed by atoms with Crippen molar-refractivity contribution >= 4 is 23.2 Å². The number of benzene rings is 2. The highest BCUT2D eigenvalue weighted by Gasteiger charge is 2.24. The zero-order valence-corrected chi connectivity index (χ0v) is 13.4. The first kappa shape index (κ1) is 15.8. The van der Waals surface area contributed by atoms with E-state index in [-0.39, 0.29) is 18.4 Å². The van der Waals surface area contributed by atoms with Gasteiger partial charge in [0.2, 0.25) is 0 Å². The Morgan fingerprint density at radius 2 is 2.17 bits per heavy atom. The lowest BCUT2D eigenvalue weighted by Crippen LogP contribution is -2.38. The van der Waals surface area contributed by atoms with Crippen LogP contribution in [0.3, 0.4) is 0 Å². The molecule has 3 rings (SSSR count). The van der Waals surface area contributed by atoms with Gasteiger partial charge in [-0.05, 0) is 31.2 Å². The van der Waals surface area contributed by atoms with Gasteiger partial charge in [0.05, 0.1) is 5.69 Å².